The zero-order valence-corrected chi connectivity index (χ0v) is 16.6. The molecule has 2 fully saturated rings. The molecular formula is C22H32N2O3. The van der Waals surface area contributed by atoms with E-state index in [1.165, 1.54) is 16.7 Å². The van der Waals surface area contributed by atoms with Gasteiger partial charge >= 0.3 is 0 Å². The molecule has 1 N–H and O–H groups in total. The summed E-state index contributed by atoms with van der Waals surface area (Å²) in [5, 5.41) is 9.23. The molecule has 5 nitrogen and oxygen atoms in total. The lowest BCUT2D eigenvalue weighted by molar-refractivity contribution is -0.136. The Morgan fingerprint density at radius 2 is 1.93 bits per heavy atom. The first-order valence-electron chi connectivity index (χ1n) is 10.0. The molecule has 1 aromatic rings. The number of benzene rings is 1. The highest BCUT2D eigenvalue weighted by atomic mass is 16.5. The number of aliphatic hydroxyl groups is 1. The van der Waals surface area contributed by atoms with E-state index in [1.54, 1.807) is 0 Å². The Labute approximate surface area is 162 Å². The van der Waals surface area contributed by atoms with Crippen LogP contribution in [0.3, 0.4) is 0 Å². The lowest BCUT2D eigenvalue weighted by Crippen LogP contribution is -2.49. The monoisotopic (exact) mass is 372 g/mol. The molecule has 1 aromatic carbocycles. The third kappa shape index (κ3) is 5.41. The number of aryl methyl sites for hydroxylation is 2. The van der Waals surface area contributed by atoms with Crippen LogP contribution in [0.2, 0.25) is 0 Å². The first-order valence-corrected chi connectivity index (χ1v) is 10.0. The molecule has 0 bridgehead atoms. The number of hydrogen-bond acceptors (Lipinski definition) is 4. The topological polar surface area (TPSA) is 53.0 Å². The summed E-state index contributed by atoms with van der Waals surface area (Å²) in [4.78, 5) is 16.7. The van der Waals surface area contributed by atoms with Gasteiger partial charge in [-0.15, -0.1) is 0 Å². The number of piperidine rings is 1. The molecule has 0 radical (unpaired) electrons. The Morgan fingerprint density at radius 3 is 2.59 bits per heavy atom. The number of morpholine rings is 1. The average molecular weight is 373 g/mol. The Kier molecular flexibility index (Phi) is 7.05. The number of aliphatic hydroxyl groups excluding tert-OH is 1. The van der Waals surface area contributed by atoms with E-state index in [0.717, 1.165) is 32.5 Å². The highest BCUT2D eigenvalue weighted by molar-refractivity contribution is 5.78. The summed E-state index contributed by atoms with van der Waals surface area (Å²) in [7, 11) is 0. The fraction of sp³-hybridized carbons (Fsp3) is 0.591. The minimum Gasteiger partial charge on any atom is -0.394 e. The van der Waals surface area contributed by atoms with Gasteiger partial charge in [0.15, 0.2) is 0 Å². The predicted molar refractivity (Wildman–Crippen MR) is 108 cm³/mol. The quantitative estimate of drug-likeness (QED) is 0.861. The highest BCUT2D eigenvalue weighted by Crippen LogP contribution is 2.22. The van der Waals surface area contributed by atoms with Crippen molar-refractivity contribution in [3.8, 4) is 0 Å². The molecule has 0 unspecified atom stereocenters. The summed E-state index contributed by atoms with van der Waals surface area (Å²) in [6, 6.07) is 6.41. The molecule has 0 aromatic heterocycles. The van der Waals surface area contributed by atoms with Crippen LogP contribution >= 0.6 is 0 Å². The summed E-state index contributed by atoms with van der Waals surface area (Å²) >= 11 is 0. The van der Waals surface area contributed by atoms with Crippen LogP contribution in [0.25, 0.3) is 6.08 Å². The maximum atomic E-state index is 12.6. The third-order valence-corrected chi connectivity index (χ3v) is 5.75. The van der Waals surface area contributed by atoms with E-state index in [4.69, 9.17) is 4.74 Å². The van der Waals surface area contributed by atoms with E-state index in [0.29, 0.717) is 25.6 Å². The van der Waals surface area contributed by atoms with E-state index in [-0.39, 0.29) is 18.6 Å². The average Bonchev–Trinajstić information content (AvgIpc) is 2.68. The molecule has 0 saturated carbocycles. The van der Waals surface area contributed by atoms with Gasteiger partial charge in [0.2, 0.25) is 5.91 Å². The molecule has 2 aliphatic rings. The van der Waals surface area contributed by atoms with Crippen molar-refractivity contribution in [2.75, 3.05) is 45.9 Å². The predicted octanol–water partition coefficient (Wildman–Crippen LogP) is 2.25. The summed E-state index contributed by atoms with van der Waals surface area (Å²) in [5.74, 6) is 0.737. The van der Waals surface area contributed by atoms with Crippen molar-refractivity contribution >= 4 is 12.0 Å². The van der Waals surface area contributed by atoms with E-state index < -0.39 is 0 Å². The zero-order valence-electron chi connectivity index (χ0n) is 16.6. The van der Waals surface area contributed by atoms with Crippen LogP contribution in [0, 0.1) is 19.8 Å². The van der Waals surface area contributed by atoms with Crippen molar-refractivity contribution in [3.63, 3.8) is 0 Å². The lowest BCUT2D eigenvalue weighted by atomic mass is 9.94. The fourth-order valence-corrected chi connectivity index (χ4v) is 3.99. The molecule has 2 aliphatic heterocycles. The van der Waals surface area contributed by atoms with Crippen molar-refractivity contribution in [1.82, 2.24) is 9.80 Å². The van der Waals surface area contributed by atoms with E-state index >= 15 is 0 Å². The van der Waals surface area contributed by atoms with Crippen molar-refractivity contribution in [2.45, 2.75) is 32.8 Å². The van der Waals surface area contributed by atoms with E-state index in [9.17, 15) is 9.90 Å². The number of carbonyl (C=O) groups excluding carboxylic acids is 1. The Hall–Kier alpha value is -1.69. The molecule has 27 heavy (non-hydrogen) atoms. The summed E-state index contributed by atoms with van der Waals surface area (Å²) < 4.78 is 5.45. The molecule has 0 spiro atoms. The molecule has 148 valence electrons. The van der Waals surface area contributed by atoms with Crippen LogP contribution < -0.4 is 0 Å². The van der Waals surface area contributed by atoms with Gasteiger partial charge in [-0.25, -0.2) is 0 Å². The van der Waals surface area contributed by atoms with Gasteiger partial charge in [0.25, 0.3) is 0 Å². The standard InChI is InChI=1S/C22H32N2O3/c1-17-4-3-5-18(2)21(17)7-6-19-8-10-24(11-9-19)22(26)15-23-12-13-27-20(14-23)16-25/h3-7,19-20,25H,8-16H2,1-2H3/b7-6+/t20-/m1/s1. The zero-order chi connectivity index (χ0) is 19.2. The summed E-state index contributed by atoms with van der Waals surface area (Å²) in [6.45, 7) is 8.40. The van der Waals surface area contributed by atoms with Gasteiger partial charge in [0.1, 0.15) is 0 Å². The minimum atomic E-state index is -0.160. The highest BCUT2D eigenvalue weighted by Gasteiger charge is 2.26. The number of carbonyl (C=O) groups is 1. The number of likely N-dealkylation sites (tertiary alicyclic amines) is 1. The number of allylic oxidation sites excluding steroid dienone is 1. The van der Waals surface area contributed by atoms with Gasteiger partial charge in [-0.2, -0.15) is 0 Å². The Balaban J connectivity index is 1.47. The van der Waals surface area contributed by atoms with Crippen LogP contribution in [0.1, 0.15) is 29.5 Å². The van der Waals surface area contributed by atoms with Gasteiger partial charge in [0.05, 0.1) is 25.9 Å². The largest absolute Gasteiger partial charge is 0.394 e. The maximum absolute atomic E-state index is 12.6. The first-order chi connectivity index (χ1) is 13.1. The summed E-state index contributed by atoms with van der Waals surface area (Å²) in [6.07, 6.45) is 6.47. The smallest absolute Gasteiger partial charge is 0.236 e. The minimum absolute atomic E-state index is 0.0166. The third-order valence-electron chi connectivity index (χ3n) is 5.75. The van der Waals surface area contributed by atoms with Crippen molar-refractivity contribution in [3.05, 3.63) is 41.0 Å². The number of rotatable bonds is 5. The second kappa shape index (κ2) is 9.49. The molecule has 5 heteroatoms. The lowest BCUT2D eigenvalue weighted by Gasteiger charge is -2.35. The molecular weight excluding hydrogens is 340 g/mol. The van der Waals surface area contributed by atoms with Crippen LogP contribution in [-0.2, 0) is 9.53 Å². The van der Waals surface area contributed by atoms with Gasteiger partial charge in [-0.05, 0) is 49.3 Å². The molecule has 2 heterocycles. The van der Waals surface area contributed by atoms with Crippen molar-refractivity contribution in [2.24, 2.45) is 5.92 Å². The van der Waals surface area contributed by atoms with Crippen molar-refractivity contribution in [1.29, 1.82) is 0 Å². The molecule has 3 rings (SSSR count). The maximum Gasteiger partial charge on any atom is 0.236 e. The Bertz CT molecular complexity index is 645. The number of ether oxygens (including phenoxy) is 1. The van der Waals surface area contributed by atoms with Gasteiger partial charge in [-0.1, -0.05) is 30.4 Å². The number of amides is 1. The molecule has 0 aliphatic carbocycles. The molecule has 1 amide bonds. The molecule has 1 atom stereocenters. The number of hydrogen-bond donors (Lipinski definition) is 1. The second-order valence-electron chi connectivity index (χ2n) is 7.79. The van der Waals surface area contributed by atoms with E-state index in [2.05, 4.69) is 49.1 Å². The summed E-state index contributed by atoms with van der Waals surface area (Å²) in [5.41, 5.74) is 3.94. The fourth-order valence-electron chi connectivity index (χ4n) is 3.99. The normalized spacial score (nSPS) is 22.5. The number of nitrogens with zero attached hydrogens (tertiary/aromatic N) is 2. The van der Waals surface area contributed by atoms with E-state index in [1.807, 2.05) is 4.90 Å². The van der Waals surface area contributed by atoms with Crippen LogP contribution in [-0.4, -0.2) is 72.9 Å². The van der Waals surface area contributed by atoms with Gasteiger partial charge < -0.3 is 14.7 Å². The first kappa shape index (κ1) is 20.1. The van der Waals surface area contributed by atoms with Crippen LogP contribution in [0.4, 0.5) is 0 Å². The van der Waals surface area contributed by atoms with Gasteiger partial charge in [-0.3, -0.25) is 9.69 Å². The van der Waals surface area contributed by atoms with Crippen LogP contribution in [0.15, 0.2) is 24.3 Å². The second-order valence-corrected chi connectivity index (χ2v) is 7.79. The van der Waals surface area contributed by atoms with Gasteiger partial charge in [0, 0.05) is 26.2 Å². The van der Waals surface area contributed by atoms with Crippen LogP contribution in [0.5, 0.6) is 0 Å². The Morgan fingerprint density at radius 1 is 1.22 bits per heavy atom. The van der Waals surface area contributed by atoms with Crippen molar-refractivity contribution < 1.29 is 14.6 Å². The molecule has 2 saturated heterocycles. The SMILES string of the molecule is Cc1cccc(C)c1/C=C/C1CCN(C(=O)CN2CCO[C@@H](CO)C2)CC1.